The van der Waals surface area contributed by atoms with Crippen molar-refractivity contribution in [3.8, 4) is 0 Å². The fourth-order valence-corrected chi connectivity index (χ4v) is 4.48. The van der Waals surface area contributed by atoms with Crippen LogP contribution < -0.4 is 5.56 Å². The Kier molecular flexibility index (Phi) is 5.67. The van der Waals surface area contributed by atoms with Crippen LogP contribution in [0.25, 0.3) is 33.2 Å². The van der Waals surface area contributed by atoms with Crippen molar-refractivity contribution in [2.45, 2.75) is 59.5 Å². The van der Waals surface area contributed by atoms with E-state index in [2.05, 4.69) is 38.1 Å². The number of hydrogen-bond acceptors (Lipinski definition) is 4. The third-order valence-corrected chi connectivity index (χ3v) is 6.34. The first-order chi connectivity index (χ1) is 16.1. The fraction of sp³-hybridized carbons (Fsp3) is 0.333. The highest BCUT2D eigenvalue weighted by molar-refractivity contribution is 6.04. The molecule has 0 N–H and O–H groups in total. The van der Waals surface area contributed by atoms with Crippen molar-refractivity contribution in [2.75, 3.05) is 0 Å². The van der Waals surface area contributed by atoms with Crippen LogP contribution in [0.4, 0.5) is 0 Å². The summed E-state index contributed by atoms with van der Waals surface area (Å²) in [5.41, 5.74) is 5.93. The average molecular weight is 440 g/mol. The number of rotatable bonds is 7. The topological polar surface area (TPSA) is 65.6 Å². The third kappa shape index (κ3) is 3.90. The Labute approximate surface area is 192 Å². The van der Waals surface area contributed by atoms with Gasteiger partial charge in [0.15, 0.2) is 11.3 Å². The molecule has 6 heteroatoms. The second kappa shape index (κ2) is 8.77. The zero-order valence-corrected chi connectivity index (χ0v) is 19.5. The van der Waals surface area contributed by atoms with Crippen LogP contribution in [0.5, 0.6) is 0 Å². The smallest absolute Gasteiger partial charge is 0.265 e. The number of benzene rings is 2. The highest BCUT2D eigenvalue weighted by Crippen LogP contribution is 2.26. The zero-order chi connectivity index (χ0) is 22.9. The Bertz CT molecular complexity index is 1510. The summed E-state index contributed by atoms with van der Waals surface area (Å²) in [6, 6.07) is 16.2. The van der Waals surface area contributed by atoms with E-state index in [1.807, 2.05) is 40.3 Å². The Morgan fingerprint density at radius 1 is 0.788 bits per heavy atom. The number of unbranched alkanes of at least 4 members (excludes halogenated alkanes) is 3. The van der Waals surface area contributed by atoms with Gasteiger partial charge in [-0.25, -0.2) is 15.0 Å². The zero-order valence-electron chi connectivity index (χ0n) is 19.5. The molecule has 33 heavy (non-hydrogen) atoms. The molecule has 3 aromatic heterocycles. The van der Waals surface area contributed by atoms with Crippen molar-refractivity contribution in [3.05, 3.63) is 75.8 Å². The van der Waals surface area contributed by atoms with Gasteiger partial charge in [-0.05, 0) is 38.0 Å². The van der Waals surface area contributed by atoms with E-state index in [0.29, 0.717) is 35.3 Å². The Hall–Kier alpha value is -3.54. The molecule has 0 fully saturated rings. The van der Waals surface area contributed by atoms with Crippen molar-refractivity contribution < 1.29 is 0 Å². The number of aryl methyl sites for hydroxylation is 2. The molecule has 2 aromatic carbocycles. The molecule has 0 bridgehead atoms. The molecule has 0 atom stereocenters. The monoisotopic (exact) mass is 439 g/mol. The highest BCUT2D eigenvalue weighted by Gasteiger charge is 2.21. The molecule has 3 heterocycles. The molecule has 168 valence electrons. The van der Waals surface area contributed by atoms with Crippen LogP contribution in [0.2, 0.25) is 0 Å². The minimum atomic E-state index is -0.0220. The summed E-state index contributed by atoms with van der Waals surface area (Å²) in [6.45, 7) is 7.46. The van der Waals surface area contributed by atoms with Gasteiger partial charge in [0.2, 0.25) is 0 Å². The van der Waals surface area contributed by atoms with Crippen molar-refractivity contribution in [3.63, 3.8) is 0 Å². The van der Waals surface area contributed by atoms with Gasteiger partial charge in [-0.1, -0.05) is 68.1 Å². The number of nitrogens with zero attached hydrogens (tertiary/aromatic N) is 5. The predicted molar refractivity (Wildman–Crippen MR) is 134 cm³/mol. The maximum absolute atomic E-state index is 13.7. The Morgan fingerprint density at radius 3 is 2.24 bits per heavy atom. The quantitative estimate of drug-likeness (QED) is 0.312. The predicted octanol–water partition coefficient (Wildman–Crippen LogP) is 5.54. The molecule has 0 amide bonds. The summed E-state index contributed by atoms with van der Waals surface area (Å²) < 4.78 is 3.86. The minimum absolute atomic E-state index is 0.0220. The van der Waals surface area contributed by atoms with E-state index in [-0.39, 0.29) is 5.56 Å². The SMILES string of the molecule is CCCCCCn1c(C)nc2c(c1=O)c1nc3ccccc3nc1n2Cc1ccc(C)cc1. The van der Waals surface area contributed by atoms with Crippen LogP contribution in [0.3, 0.4) is 0 Å². The molecule has 0 unspecified atom stereocenters. The summed E-state index contributed by atoms with van der Waals surface area (Å²) in [5, 5.41) is 0.566. The normalized spacial score (nSPS) is 11.7. The molecule has 5 aromatic rings. The van der Waals surface area contributed by atoms with Crippen molar-refractivity contribution in [2.24, 2.45) is 0 Å². The van der Waals surface area contributed by atoms with Gasteiger partial charge in [-0.2, -0.15) is 0 Å². The van der Waals surface area contributed by atoms with Crippen molar-refractivity contribution >= 4 is 33.2 Å². The second-order valence-corrected chi connectivity index (χ2v) is 8.83. The molecule has 0 spiro atoms. The van der Waals surface area contributed by atoms with Crippen molar-refractivity contribution in [1.29, 1.82) is 0 Å². The van der Waals surface area contributed by atoms with E-state index in [1.54, 1.807) is 0 Å². The lowest BCUT2D eigenvalue weighted by Crippen LogP contribution is -2.24. The molecule has 0 aliphatic heterocycles. The Balaban J connectivity index is 1.75. The van der Waals surface area contributed by atoms with Gasteiger partial charge in [0.25, 0.3) is 5.56 Å². The number of hydrogen-bond donors (Lipinski definition) is 0. The number of para-hydroxylation sites is 2. The van der Waals surface area contributed by atoms with Gasteiger partial charge >= 0.3 is 0 Å². The lowest BCUT2D eigenvalue weighted by molar-refractivity contribution is 0.555. The first kappa shape index (κ1) is 21.3. The van der Waals surface area contributed by atoms with Crippen LogP contribution >= 0.6 is 0 Å². The van der Waals surface area contributed by atoms with Gasteiger partial charge in [-0.3, -0.25) is 9.36 Å². The summed E-state index contributed by atoms with van der Waals surface area (Å²) in [5.74, 6) is 0.738. The van der Waals surface area contributed by atoms with E-state index < -0.39 is 0 Å². The molecule has 0 radical (unpaired) electrons. The molecule has 0 saturated heterocycles. The summed E-state index contributed by atoms with van der Waals surface area (Å²) in [4.78, 5) is 28.5. The van der Waals surface area contributed by atoms with E-state index in [0.717, 1.165) is 35.3 Å². The lowest BCUT2D eigenvalue weighted by atomic mass is 10.1. The van der Waals surface area contributed by atoms with E-state index >= 15 is 0 Å². The van der Waals surface area contributed by atoms with E-state index in [1.165, 1.54) is 18.4 Å². The maximum atomic E-state index is 13.7. The molecule has 0 aliphatic carbocycles. The van der Waals surface area contributed by atoms with Crippen LogP contribution in [-0.4, -0.2) is 24.1 Å². The second-order valence-electron chi connectivity index (χ2n) is 8.83. The molecule has 0 saturated carbocycles. The lowest BCUT2D eigenvalue weighted by Gasteiger charge is -2.11. The number of aromatic nitrogens is 5. The third-order valence-electron chi connectivity index (χ3n) is 6.34. The van der Waals surface area contributed by atoms with Crippen LogP contribution in [-0.2, 0) is 13.1 Å². The highest BCUT2D eigenvalue weighted by atomic mass is 16.1. The van der Waals surface area contributed by atoms with Crippen LogP contribution in [0.1, 0.15) is 49.6 Å². The molecule has 6 nitrogen and oxygen atoms in total. The van der Waals surface area contributed by atoms with Crippen LogP contribution in [0, 0.1) is 13.8 Å². The minimum Gasteiger partial charge on any atom is -0.304 e. The van der Waals surface area contributed by atoms with E-state index in [9.17, 15) is 4.79 Å². The molecular formula is C27H29N5O. The molecular weight excluding hydrogens is 410 g/mol. The van der Waals surface area contributed by atoms with Crippen molar-refractivity contribution in [1.82, 2.24) is 24.1 Å². The first-order valence-electron chi connectivity index (χ1n) is 11.8. The van der Waals surface area contributed by atoms with Gasteiger partial charge < -0.3 is 4.57 Å². The summed E-state index contributed by atoms with van der Waals surface area (Å²) >= 11 is 0. The Morgan fingerprint density at radius 2 is 1.52 bits per heavy atom. The van der Waals surface area contributed by atoms with E-state index in [4.69, 9.17) is 15.0 Å². The van der Waals surface area contributed by atoms with Gasteiger partial charge in [0, 0.05) is 6.54 Å². The van der Waals surface area contributed by atoms with Crippen LogP contribution in [0.15, 0.2) is 53.3 Å². The van der Waals surface area contributed by atoms with Gasteiger partial charge in [0.05, 0.1) is 17.6 Å². The standard InChI is InChI=1S/C27H29N5O/c1-4-5-6-9-16-31-19(3)28-25-23(27(31)33)24-26(30-22-11-8-7-10-21(22)29-24)32(25)17-20-14-12-18(2)13-15-20/h7-8,10-15H,4-6,9,16-17H2,1-3H3. The first-order valence-corrected chi connectivity index (χ1v) is 11.8. The maximum Gasteiger partial charge on any atom is 0.265 e. The molecule has 5 rings (SSSR count). The summed E-state index contributed by atoms with van der Waals surface area (Å²) in [7, 11) is 0. The van der Waals surface area contributed by atoms with Gasteiger partial charge in [-0.15, -0.1) is 0 Å². The fourth-order valence-electron chi connectivity index (χ4n) is 4.48. The molecule has 0 aliphatic rings. The average Bonchev–Trinajstić information content (AvgIpc) is 3.10. The van der Waals surface area contributed by atoms with Gasteiger partial charge in [0.1, 0.15) is 16.7 Å². The largest absolute Gasteiger partial charge is 0.304 e. The summed E-state index contributed by atoms with van der Waals surface area (Å²) in [6.07, 6.45) is 4.43. The number of fused-ring (bicyclic) bond motifs is 4.